The topological polar surface area (TPSA) is 83.6 Å². The molecule has 0 atom stereocenters. The summed E-state index contributed by atoms with van der Waals surface area (Å²) in [5.41, 5.74) is 1.18. The number of phenolic OH excluding ortho intramolecular Hbond substituents is 1. The number of hydrogen-bond donors (Lipinski definition) is 2. The van der Waals surface area contributed by atoms with Gasteiger partial charge >= 0.3 is 5.97 Å². The molecule has 0 aliphatic heterocycles. The van der Waals surface area contributed by atoms with Crippen LogP contribution in [0.4, 0.5) is 8.78 Å². The molecule has 0 spiro atoms. The number of carboxylic acids is 1. The minimum Gasteiger partial charge on any atom is -0.503 e. The Kier molecular flexibility index (Phi) is 3.99. The van der Waals surface area contributed by atoms with Crippen LogP contribution in [-0.4, -0.2) is 21.2 Å². The lowest BCUT2D eigenvalue weighted by Crippen LogP contribution is -1.97. The van der Waals surface area contributed by atoms with Crippen LogP contribution in [0.15, 0.2) is 40.8 Å². The van der Waals surface area contributed by atoms with Crippen molar-refractivity contribution in [3.63, 3.8) is 0 Å². The van der Waals surface area contributed by atoms with Crippen LogP contribution in [0.5, 0.6) is 5.75 Å². The van der Waals surface area contributed by atoms with Crippen LogP contribution in [0, 0.1) is 11.6 Å². The molecule has 0 bridgehead atoms. The van der Waals surface area contributed by atoms with Crippen molar-refractivity contribution in [2.24, 2.45) is 0 Å². The molecule has 2 N–H and O–H groups in total. The van der Waals surface area contributed by atoms with Gasteiger partial charge in [-0.1, -0.05) is 12.1 Å². The molecule has 5 nitrogen and oxygen atoms in total. The second-order valence-electron chi connectivity index (χ2n) is 5.06. The van der Waals surface area contributed by atoms with Crippen molar-refractivity contribution >= 4 is 28.7 Å². The third-order valence-corrected chi connectivity index (χ3v) is 3.29. The number of aromatic nitrogens is 1. The van der Waals surface area contributed by atoms with Gasteiger partial charge in [-0.2, -0.15) is 0 Å². The van der Waals surface area contributed by atoms with Gasteiger partial charge in [-0.25, -0.2) is 13.8 Å². The van der Waals surface area contributed by atoms with E-state index in [0.717, 1.165) is 12.1 Å². The smallest absolute Gasteiger partial charge is 0.308 e. The Bertz CT molecular complexity index is 906. The molecule has 0 aliphatic carbocycles. The molecule has 0 saturated heterocycles. The van der Waals surface area contributed by atoms with Crippen molar-refractivity contribution in [3.8, 4) is 5.75 Å². The summed E-state index contributed by atoms with van der Waals surface area (Å²) >= 11 is 0. The number of aromatic hydroxyl groups is 1. The average molecular weight is 331 g/mol. The Labute approximate surface area is 134 Å². The highest BCUT2D eigenvalue weighted by atomic mass is 19.1. The SMILES string of the molecule is O=C(O)C/C(=C/c1cc(F)c(O)c(F)c1)c1nc2ccccc2o1. The zero-order chi connectivity index (χ0) is 17.3. The zero-order valence-electron chi connectivity index (χ0n) is 12.2. The predicted molar refractivity (Wildman–Crippen MR) is 82.2 cm³/mol. The number of nitrogens with zero attached hydrogens (tertiary/aromatic N) is 1. The van der Waals surface area contributed by atoms with Crippen LogP contribution in [-0.2, 0) is 4.79 Å². The number of para-hydroxylation sites is 2. The largest absolute Gasteiger partial charge is 0.503 e. The van der Waals surface area contributed by atoms with E-state index in [2.05, 4.69) is 4.98 Å². The summed E-state index contributed by atoms with van der Waals surface area (Å²) in [5, 5.41) is 18.2. The van der Waals surface area contributed by atoms with Gasteiger partial charge in [-0.3, -0.25) is 4.79 Å². The minimum atomic E-state index is -1.15. The van der Waals surface area contributed by atoms with Crippen molar-refractivity contribution in [2.45, 2.75) is 6.42 Å². The van der Waals surface area contributed by atoms with Crippen LogP contribution in [0.3, 0.4) is 0 Å². The van der Waals surface area contributed by atoms with Crippen LogP contribution < -0.4 is 0 Å². The molecule has 7 heteroatoms. The van der Waals surface area contributed by atoms with Gasteiger partial charge in [-0.15, -0.1) is 0 Å². The molecule has 0 amide bonds. The quantitative estimate of drug-likeness (QED) is 0.759. The van der Waals surface area contributed by atoms with Crippen molar-refractivity contribution < 1.29 is 28.2 Å². The van der Waals surface area contributed by atoms with Crippen LogP contribution in [0.25, 0.3) is 22.7 Å². The predicted octanol–water partition coefficient (Wildman–Crippen LogP) is 3.83. The van der Waals surface area contributed by atoms with E-state index >= 15 is 0 Å². The number of phenols is 1. The number of carbonyl (C=O) groups is 1. The Hall–Kier alpha value is -3.22. The first-order chi connectivity index (χ1) is 11.4. The fourth-order valence-electron chi connectivity index (χ4n) is 2.23. The fourth-order valence-corrected chi connectivity index (χ4v) is 2.23. The van der Waals surface area contributed by atoms with Gasteiger partial charge in [0.15, 0.2) is 23.0 Å². The average Bonchev–Trinajstić information content (AvgIpc) is 2.95. The van der Waals surface area contributed by atoms with Crippen LogP contribution in [0.2, 0.25) is 0 Å². The number of aliphatic carboxylic acids is 1. The second kappa shape index (κ2) is 6.11. The highest BCUT2D eigenvalue weighted by Gasteiger charge is 2.16. The third-order valence-electron chi connectivity index (χ3n) is 3.29. The normalized spacial score (nSPS) is 11.8. The van der Waals surface area contributed by atoms with E-state index in [1.807, 2.05) is 0 Å². The summed E-state index contributed by atoms with van der Waals surface area (Å²) in [5.74, 6) is -4.48. The molecule has 3 aromatic rings. The van der Waals surface area contributed by atoms with Gasteiger partial charge in [-0.05, 0) is 35.9 Å². The van der Waals surface area contributed by atoms with Crippen molar-refractivity contribution in [1.82, 2.24) is 4.98 Å². The summed E-state index contributed by atoms with van der Waals surface area (Å²) in [6, 6.07) is 8.64. The van der Waals surface area contributed by atoms with Gasteiger partial charge in [0.25, 0.3) is 0 Å². The Balaban J connectivity index is 2.10. The molecule has 1 heterocycles. The first-order valence-corrected chi connectivity index (χ1v) is 6.90. The standard InChI is InChI=1S/C17H11F2NO4/c18-11-6-9(7-12(19)16(11)23)5-10(8-15(21)22)17-20-13-3-1-2-4-14(13)24-17/h1-7,23H,8H2,(H,21,22)/b10-5-. The Morgan fingerprint density at radius 3 is 2.50 bits per heavy atom. The number of oxazole rings is 1. The monoisotopic (exact) mass is 331 g/mol. The van der Waals surface area contributed by atoms with Gasteiger partial charge in [0.2, 0.25) is 5.89 Å². The third kappa shape index (κ3) is 3.10. The Morgan fingerprint density at radius 2 is 1.88 bits per heavy atom. The van der Waals surface area contributed by atoms with Crippen molar-refractivity contribution in [1.29, 1.82) is 0 Å². The van der Waals surface area contributed by atoms with Gasteiger partial charge < -0.3 is 14.6 Å². The lowest BCUT2D eigenvalue weighted by atomic mass is 10.1. The van der Waals surface area contributed by atoms with E-state index in [1.165, 1.54) is 6.08 Å². The molecule has 122 valence electrons. The lowest BCUT2D eigenvalue weighted by Gasteiger charge is -2.03. The van der Waals surface area contributed by atoms with E-state index < -0.39 is 29.8 Å². The second-order valence-corrected chi connectivity index (χ2v) is 5.06. The molecular formula is C17H11F2NO4. The van der Waals surface area contributed by atoms with Crippen molar-refractivity contribution in [3.05, 3.63) is 59.5 Å². The Morgan fingerprint density at radius 1 is 1.21 bits per heavy atom. The summed E-state index contributed by atoms with van der Waals surface area (Å²) in [7, 11) is 0. The molecule has 0 aliphatic rings. The van der Waals surface area contributed by atoms with Gasteiger partial charge in [0, 0.05) is 5.57 Å². The fraction of sp³-hybridized carbons (Fsp3) is 0.0588. The summed E-state index contributed by atoms with van der Waals surface area (Å²) in [4.78, 5) is 15.3. The first kappa shape index (κ1) is 15.7. The highest BCUT2D eigenvalue weighted by Crippen LogP contribution is 2.28. The first-order valence-electron chi connectivity index (χ1n) is 6.90. The molecule has 3 rings (SSSR count). The maximum Gasteiger partial charge on any atom is 0.308 e. The number of rotatable bonds is 4. The lowest BCUT2D eigenvalue weighted by molar-refractivity contribution is -0.135. The minimum absolute atomic E-state index is 0.0429. The molecule has 0 saturated carbocycles. The maximum absolute atomic E-state index is 13.4. The molecule has 0 fully saturated rings. The number of fused-ring (bicyclic) bond motifs is 1. The number of benzene rings is 2. The van der Waals surface area contributed by atoms with Crippen LogP contribution >= 0.6 is 0 Å². The number of halogens is 2. The summed E-state index contributed by atoms with van der Waals surface area (Å²) in [6.07, 6.45) is 0.807. The van der Waals surface area contributed by atoms with Crippen LogP contribution in [0.1, 0.15) is 17.9 Å². The number of carboxylic acid groups (broad SMARTS) is 1. The molecule has 1 aromatic heterocycles. The van der Waals surface area contributed by atoms with Crippen molar-refractivity contribution in [2.75, 3.05) is 0 Å². The number of hydrogen-bond acceptors (Lipinski definition) is 4. The molecule has 2 aromatic carbocycles. The van der Waals surface area contributed by atoms with E-state index in [9.17, 15) is 13.6 Å². The van der Waals surface area contributed by atoms with E-state index in [-0.39, 0.29) is 17.0 Å². The molecule has 0 unspecified atom stereocenters. The highest BCUT2D eigenvalue weighted by molar-refractivity contribution is 5.91. The zero-order valence-corrected chi connectivity index (χ0v) is 12.2. The summed E-state index contributed by atoms with van der Waals surface area (Å²) < 4.78 is 32.4. The summed E-state index contributed by atoms with van der Waals surface area (Å²) in [6.45, 7) is 0. The van der Waals surface area contributed by atoms with E-state index in [0.29, 0.717) is 11.1 Å². The molecule has 0 radical (unpaired) electrons. The van der Waals surface area contributed by atoms with E-state index in [1.54, 1.807) is 24.3 Å². The molecule has 24 heavy (non-hydrogen) atoms. The molecular weight excluding hydrogens is 320 g/mol. The maximum atomic E-state index is 13.4. The van der Waals surface area contributed by atoms with E-state index in [4.69, 9.17) is 14.6 Å². The van der Waals surface area contributed by atoms with Gasteiger partial charge in [0.1, 0.15) is 5.52 Å². The van der Waals surface area contributed by atoms with Gasteiger partial charge in [0.05, 0.1) is 6.42 Å².